The fourth-order valence-corrected chi connectivity index (χ4v) is 1.37. The number of aliphatic hydroxyl groups is 1. The third-order valence-electron chi connectivity index (χ3n) is 2.25. The highest BCUT2D eigenvalue weighted by atomic mass is 16.3. The van der Waals surface area contributed by atoms with Crippen LogP contribution in [0.25, 0.3) is 0 Å². The van der Waals surface area contributed by atoms with Crippen LogP contribution < -0.4 is 0 Å². The smallest absolute Gasteiger partial charge is 0.106 e. The third-order valence-corrected chi connectivity index (χ3v) is 2.25. The van der Waals surface area contributed by atoms with Crippen molar-refractivity contribution >= 4 is 0 Å². The highest BCUT2D eigenvalue weighted by molar-refractivity contribution is 5.18. The zero-order valence-electron chi connectivity index (χ0n) is 10.0. The van der Waals surface area contributed by atoms with E-state index in [-0.39, 0.29) is 6.61 Å². The molecule has 0 aliphatic rings. The Kier molecular flexibility index (Phi) is 4.80. The second-order valence-corrected chi connectivity index (χ2v) is 3.75. The van der Waals surface area contributed by atoms with Crippen LogP contribution in [-0.4, -0.2) is 5.11 Å². The highest BCUT2D eigenvalue weighted by Gasteiger charge is 2.00. The number of benzene rings is 1. The van der Waals surface area contributed by atoms with Crippen molar-refractivity contribution in [1.29, 1.82) is 0 Å². The van der Waals surface area contributed by atoms with Crippen LogP contribution in [0.4, 0.5) is 0 Å². The molecule has 2 rings (SSSR count). The molecule has 0 atom stereocenters. The van der Waals surface area contributed by atoms with Gasteiger partial charge in [0.05, 0.1) is 6.61 Å². The number of aryl methyl sites for hydroxylation is 3. The van der Waals surface area contributed by atoms with E-state index >= 15 is 0 Å². The molecule has 0 bridgehead atoms. The summed E-state index contributed by atoms with van der Waals surface area (Å²) in [6, 6.07) is 12.1. The van der Waals surface area contributed by atoms with Gasteiger partial charge in [0, 0.05) is 5.56 Å². The average Bonchev–Trinajstić information content (AvgIpc) is 2.59. The van der Waals surface area contributed by atoms with Crippen molar-refractivity contribution in [2.24, 2.45) is 0 Å². The molecule has 0 unspecified atom stereocenters. The van der Waals surface area contributed by atoms with Gasteiger partial charge in [0.2, 0.25) is 0 Å². The van der Waals surface area contributed by atoms with Crippen molar-refractivity contribution < 1.29 is 9.52 Å². The molecule has 16 heavy (non-hydrogen) atoms. The maximum atomic E-state index is 8.67. The van der Waals surface area contributed by atoms with Crippen molar-refractivity contribution in [2.75, 3.05) is 0 Å². The molecule has 0 saturated carbocycles. The van der Waals surface area contributed by atoms with Crippen molar-refractivity contribution in [2.45, 2.75) is 27.4 Å². The first-order chi connectivity index (χ1) is 7.63. The minimum Gasteiger partial charge on any atom is -0.466 e. The van der Waals surface area contributed by atoms with Crippen molar-refractivity contribution in [3.8, 4) is 0 Å². The summed E-state index contributed by atoms with van der Waals surface area (Å²) < 4.78 is 5.15. The molecule has 0 aliphatic heterocycles. The van der Waals surface area contributed by atoms with E-state index < -0.39 is 0 Å². The second kappa shape index (κ2) is 6.13. The summed E-state index contributed by atoms with van der Waals surface area (Å²) in [5.74, 6) is 1.67. The predicted molar refractivity (Wildman–Crippen MR) is 65.3 cm³/mol. The highest BCUT2D eigenvalue weighted by Crippen LogP contribution is 2.12. The van der Waals surface area contributed by atoms with Gasteiger partial charge < -0.3 is 9.52 Å². The Hall–Kier alpha value is -1.54. The molecular weight excluding hydrogens is 200 g/mol. The predicted octanol–water partition coefficient (Wildman–Crippen LogP) is 3.38. The van der Waals surface area contributed by atoms with Crippen LogP contribution in [0.2, 0.25) is 0 Å². The zero-order chi connectivity index (χ0) is 12.0. The Labute approximate surface area is 96.5 Å². The lowest BCUT2D eigenvalue weighted by Gasteiger charge is -1.86. The molecule has 2 heteroatoms. The standard InChI is InChI=1S/C7H10O2.C7H8/c1-5-3-7(4-8)6(2)9-5;1-7-5-3-2-4-6-7/h3,8H,4H2,1-2H3;2-6H,1H3. The molecule has 0 saturated heterocycles. The topological polar surface area (TPSA) is 33.4 Å². The Morgan fingerprint density at radius 2 is 1.69 bits per heavy atom. The summed E-state index contributed by atoms with van der Waals surface area (Å²) in [4.78, 5) is 0. The van der Waals surface area contributed by atoms with Gasteiger partial charge in [-0.1, -0.05) is 35.9 Å². The Bertz CT molecular complexity index is 416. The molecule has 1 N–H and O–H groups in total. The minimum atomic E-state index is 0.0726. The summed E-state index contributed by atoms with van der Waals surface area (Å²) in [6.07, 6.45) is 0. The van der Waals surface area contributed by atoms with Crippen LogP contribution in [0.3, 0.4) is 0 Å². The van der Waals surface area contributed by atoms with Gasteiger partial charge >= 0.3 is 0 Å². The zero-order valence-corrected chi connectivity index (χ0v) is 10.0. The van der Waals surface area contributed by atoms with E-state index in [9.17, 15) is 0 Å². The van der Waals surface area contributed by atoms with Gasteiger partial charge in [-0.15, -0.1) is 0 Å². The van der Waals surface area contributed by atoms with Crippen LogP contribution in [0.15, 0.2) is 40.8 Å². The van der Waals surface area contributed by atoms with E-state index in [2.05, 4.69) is 19.1 Å². The Morgan fingerprint density at radius 1 is 1.06 bits per heavy atom. The van der Waals surface area contributed by atoms with Gasteiger partial charge in [0.25, 0.3) is 0 Å². The molecule has 0 fully saturated rings. The largest absolute Gasteiger partial charge is 0.466 e. The lowest BCUT2D eigenvalue weighted by molar-refractivity contribution is 0.279. The quantitative estimate of drug-likeness (QED) is 0.796. The first kappa shape index (κ1) is 12.5. The fraction of sp³-hybridized carbons (Fsp3) is 0.286. The Balaban J connectivity index is 0.000000165. The lowest BCUT2D eigenvalue weighted by atomic mass is 10.2. The van der Waals surface area contributed by atoms with E-state index in [0.717, 1.165) is 17.1 Å². The Morgan fingerprint density at radius 3 is 1.94 bits per heavy atom. The first-order valence-corrected chi connectivity index (χ1v) is 5.32. The molecule has 86 valence electrons. The summed E-state index contributed by atoms with van der Waals surface area (Å²) >= 11 is 0. The van der Waals surface area contributed by atoms with Gasteiger partial charge in [0.15, 0.2) is 0 Å². The molecule has 2 aromatic rings. The van der Waals surface area contributed by atoms with E-state index in [1.54, 1.807) is 0 Å². The molecule has 0 aliphatic carbocycles. The maximum absolute atomic E-state index is 8.67. The lowest BCUT2D eigenvalue weighted by Crippen LogP contribution is -1.79. The van der Waals surface area contributed by atoms with Gasteiger partial charge in [-0.05, 0) is 26.8 Å². The summed E-state index contributed by atoms with van der Waals surface area (Å²) in [6.45, 7) is 5.87. The molecule has 1 heterocycles. The summed E-state index contributed by atoms with van der Waals surface area (Å²) in [7, 11) is 0. The van der Waals surface area contributed by atoms with Gasteiger partial charge in [-0.3, -0.25) is 0 Å². The third kappa shape index (κ3) is 3.91. The SMILES string of the molecule is Cc1cc(CO)c(C)o1.Cc1ccccc1. The molecular formula is C14H18O2. The molecule has 0 amide bonds. The van der Waals surface area contributed by atoms with E-state index in [1.165, 1.54) is 5.56 Å². The van der Waals surface area contributed by atoms with Gasteiger partial charge in [0.1, 0.15) is 11.5 Å². The van der Waals surface area contributed by atoms with Gasteiger partial charge in [-0.25, -0.2) is 0 Å². The van der Waals surface area contributed by atoms with E-state index in [4.69, 9.17) is 9.52 Å². The minimum absolute atomic E-state index is 0.0726. The number of aliphatic hydroxyl groups excluding tert-OH is 1. The normalized spacial score (nSPS) is 9.50. The first-order valence-electron chi connectivity index (χ1n) is 5.32. The second-order valence-electron chi connectivity index (χ2n) is 3.75. The molecule has 0 radical (unpaired) electrons. The van der Waals surface area contributed by atoms with Crippen molar-refractivity contribution in [3.05, 3.63) is 59.0 Å². The fourth-order valence-electron chi connectivity index (χ4n) is 1.37. The van der Waals surface area contributed by atoms with Crippen molar-refractivity contribution in [3.63, 3.8) is 0 Å². The maximum Gasteiger partial charge on any atom is 0.106 e. The van der Waals surface area contributed by atoms with Crippen molar-refractivity contribution in [1.82, 2.24) is 0 Å². The van der Waals surface area contributed by atoms with Crippen LogP contribution in [0.5, 0.6) is 0 Å². The van der Waals surface area contributed by atoms with Gasteiger partial charge in [-0.2, -0.15) is 0 Å². The van der Waals surface area contributed by atoms with E-state index in [0.29, 0.717) is 0 Å². The molecule has 0 spiro atoms. The van der Waals surface area contributed by atoms with Crippen LogP contribution in [0.1, 0.15) is 22.6 Å². The number of hydrogen-bond donors (Lipinski definition) is 1. The monoisotopic (exact) mass is 218 g/mol. The number of furan rings is 1. The van der Waals surface area contributed by atoms with Crippen LogP contribution >= 0.6 is 0 Å². The summed E-state index contributed by atoms with van der Waals surface area (Å²) in [5.41, 5.74) is 2.20. The molecule has 1 aromatic heterocycles. The van der Waals surface area contributed by atoms with E-state index in [1.807, 2.05) is 38.1 Å². The molecule has 2 nitrogen and oxygen atoms in total. The summed E-state index contributed by atoms with van der Waals surface area (Å²) in [5, 5.41) is 8.67. The van der Waals surface area contributed by atoms with Crippen LogP contribution in [-0.2, 0) is 6.61 Å². The average molecular weight is 218 g/mol. The van der Waals surface area contributed by atoms with Crippen LogP contribution in [0, 0.1) is 20.8 Å². The number of rotatable bonds is 1. The molecule has 1 aromatic carbocycles. The number of hydrogen-bond acceptors (Lipinski definition) is 2.